The molecule has 0 saturated heterocycles. The minimum Gasteiger partial charge on any atom is -0.465 e. The molecule has 2 aromatic heterocycles. The number of aromatic nitrogens is 2. The number of nitrogens with one attached hydrogen (secondary N) is 2. The summed E-state index contributed by atoms with van der Waals surface area (Å²) in [4.78, 5) is 19.2. The Morgan fingerprint density at radius 2 is 2.00 bits per heavy atom. The van der Waals surface area contributed by atoms with Gasteiger partial charge in [-0.15, -0.1) is 0 Å². The van der Waals surface area contributed by atoms with Crippen molar-refractivity contribution in [1.82, 2.24) is 14.9 Å². The molecule has 212 valence electrons. The molecule has 1 aromatic carbocycles. The zero-order valence-electron chi connectivity index (χ0n) is 22.2. The molecule has 0 aliphatic rings. The molecular formula is C25H32BrF2N5O4SSi. The monoisotopic (exact) mass is 643 g/mol. The number of carbonyl (C=O) groups is 1. The van der Waals surface area contributed by atoms with Crippen molar-refractivity contribution >= 4 is 63.7 Å². The van der Waals surface area contributed by atoms with Gasteiger partial charge in [0.05, 0.1) is 4.47 Å². The number of ether oxygens (including phenoxy) is 2. The predicted octanol–water partition coefficient (Wildman–Crippen LogP) is 6.97. The number of pyridine rings is 1. The molecule has 9 nitrogen and oxygen atoms in total. The molecule has 0 aliphatic heterocycles. The van der Waals surface area contributed by atoms with Gasteiger partial charge in [0.1, 0.15) is 12.4 Å². The molecule has 0 bridgehead atoms. The minimum absolute atomic E-state index is 0.108. The van der Waals surface area contributed by atoms with Gasteiger partial charge in [-0.25, -0.2) is 18.6 Å². The van der Waals surface area contributed by atoms with Gasteiger partial charge >= 0.3 is 6.09 Å². The van der Waals surface area contributed by atoms with Crippen LogP contribution in [0.2, 0.25) is 25.7 Å². The molecule has 3 rings (SSSR count). The highest BCUT2D eigenvalue weighted by atomic mass is 79.9. The van der Waals surface area contributed by atoms with E-state index >= 15 is 8.78 Å². The van der Waals surface area contributed by atoms with E-state index in [4.69, 9.17) is 14.6 Å². The van der Waals surface area contributed by atoms with Crippen LogP contribution >= 0.6 is 27.7 Å². The molecule has 14 heteroatoms. The van der Waals surface area contributed by atoms with Crippen molar-refractivity contribution in [2.75, 3.05) is 31.3 Å². The third kappa shape index (κ3) is 8.91. The van der Waals surface area contributed by atoms with E-state index in [1.807, 2.05) is 6.07 Å². The van der Waals surface area contributed by atoms with E-state index in [0.717, 1.165) is 23.6 Å². The van der Waals surface area contributed by atoms with Gasteiger partial charge in [-0.3, -0.25) is 9.56 Å². The van der Waals surface area contributed by atoms with Crippen LogP contribution in [-0.4, -0.2) is 59.9 Å². The maximum atomic E-state index is 15.2. The lowest BCUT2D eigenvalue weighted by molar-refractivity contribution is 0.0850. The zero-order chi connectivity index (χ0) is 28.6. The first-order valence-corrected chi connectivity index (χ1v) is 17.9. The molecule has 2 heterocycles. The number of amidine groups is 1. The lowest BCUT2D eigenvalue weighted by Gasteiger charge is -2.17. The van der Waals surface area contributed by atoms with Crippen LogP contribution in [0.1, 0.15) is 6.42 Å². The number of aliphatic imine (C=N–C) groups is 1. The summed E-state index contributed by atoms with van der Waals surface area (Å²) in [6.07, 6.45) is 2.77. The van der Waals surface area contributed by atoms with Crippen molar-refractivity contribution in [2.45, 2.75) is 38.8 Å². The van der Waals surface area contributed by atoms with Crippen molar-refractivity contribution in [3.8, 4) is 11.6 Å². The van der Waals surface area contributed by atoms with Gasteiger partial charge in [-0.1, -0.05) is 31.4 Å². The Kier molecular flexibility index (Phi) is 11.2. The Bertz CT molecular complexity index is 1310. The molecule has 39 heavy (non-hydrogen) atoms. The lowest BCUT2D eigenvalue weighted by atomic mass is 10.2. The summed E-state index contributed by atoms with van der Waals surface area (Å²) in [6.45, 7) is 8.02. The summed E-state index contributed by atoms with van der Waals surface area (Å²) in [6, 6.07) is 6.82. The van der Waals surface area contributed by atoms with Crippen LogP contribution in [0.15, 0.2) is 39.9 Å². The van der Waals surface area contributed by atoms with Crippen LogP contribution in [-0.2, 0) is 11.5 Å². The number of anilines is 1. The van der Waals surface area contributed by atoms with E-state index < -0.39 is 31.6 Å². The normalized spacial score (nSPS) is 12.1. The van der Waals surface area contributed by atoms with Crippen LogP contribution < -0.4 is 15.4 Å². The highest BCUT2D eigenvalue weighted by Gasteiger charge is 2.23. The van der Waals surface area contributed by atoms with Crippen molar-refractivity contribution in [3.63, 3.8) is 0 Å². The fraction of sp³-hybridized carbons (Fsp3) is 0.400. The first-order chi connectivity index (χ1) is 18.5. The van der Waals surface area contributed by atoms with E-state index in [2.05, 4.69) is 56.2 Å². The Hall–Kier alpha value is -2.68. The highest BCUT2D eigenvalue weighted by molar-refractivity contribution is 9.10. The number of benzene rings is 1. The van der Waals surface area contributed by atoms with Crippen molar-refractivity contribution in [2.24, 2.45) is 4.99 Å². The standard InChI is InChI=1S/C25H32BrF2N5O4SSi/c1-38-24(30-9-6-10-31-25(34)35)32-16-13-18(27)21(19(28)14-16)37-23-20(26)17-7-5-8-29-22(17)33(23)15-36-11-12-39(2,3)4/h5,7-8,13-14,31H,6,9-12,15H2,1-4H3,(H,30,32)(H,34,35). The van der Waals surface area contributed by atoms with Gasteiger partial charge in [0.15, 0.2) is 16.8 Å². The molecule has 0 radical (unpaired) electrons. The first-order valence-electron chi connectivity index (χ1n) is 12.2. The van der Waals surface area contributed by atoms with Gasteiger partial charge in [-0.05, 0) is 46.8 Å². The third-order valence-electron chi connectivity index (χ3n) is 5.44. The molecule has 0 unspecified atom stereocenters. The van der Waals surface area contributed by atoms with E-state index in [1.54, 1.807) is 23.1 Å². The van der Waals surface area contributed by atoms with E-state index in [0.29, 0.717) is 34.9 Å². The number of thioether (sulfide) groups is 1. The van der Waals surface area contributed by atoms with Gasteiger partial charge in [0, 0.05) is 57.2 Å². The Morgan fingerprint density at radius 1 is 1.28 bits per heavy atom. The quantitative estimate of drug-likeness (QED) is 0.0846. The summed E-state index contributed by atoms with van der Waals surface area (Å²) in [5.74, 6) is -2.19. The Labute approximate surface area is 239 Å². The Morgan fingerprint density at radius 3 is 2.64 bits per heavy atom. The maximum absolute atomic E-state index is 15.2. The second kappa shape index (κ2) is 14.1. The van der Waals surface area contributed by atoms with Gasteiger partial charge in [0.2, 0.25) is 11.6 Å². The van der Waals surface area contributed by atoms with Crippen LogP contribution in [0.5, 0.6) is 11.6 Å². The second-order valence-electron chi connectivity index (χ2n) is 9.74. The number of rotatable bonds is 12. The molecule has 1 amide bonds. The summed E-state index contributed by atoms with van der Waals surface area (Å²) in [7, 11) is -1.30. The molecule has 0 spiro atoms. The number of hydrogen-bond acceptors (Lipinski definition) is 6. The van der Waals surface area contributed by atoms with Gasteiger partial charge < -0.3 is 25.2 Å². The molecule has 0 atom stereocenters. The first kappa shape index (κ1) is 30.9. The summed E-state index contributed by atoms with van der Waals surface area (Å²) >= 11 is 4.77. The SMILES string of the molecule is CSC(=NCCCNC(=O)O)Nc1cc(F)c(Oc2c(Br)c3cccnc3n2COCC[Si](C)(C)C)c(F)c1. The fourth-order valence-corrected chi connectivity index (χ4v) is 5.23. The van der Waals surface area contributed by atoms with Crippen molar-refractivity contribution in [1.29, 1.82) is 0 Å². The topological polar surface area (TPSA) is 110 Å². The van der Waals surface area contributed by atoms with Gasteiger partial charge in [-0.2, -0.15) is 0 Å². The summed E-state index contributed by atoms with van der Waals surface area (Å²) in [5, 5.41) is 14.9. The Balaban J connectivity index is 1.80. The average molecular weight is 645 g/mol. The van der Waals surface area contributed by atoms with Gasteiger partial charge in [0.25, 0.3) is 0 Å². The van der Waals surface area contributed by atoms with Crippen LogP contribution in [0.25, 0.3) is 11.0 Å². The van der Waals surface area contributed by atoms with Crippen LogP contribution in [0.4, 0.5) is 19.3 Å². The molecule has 0 aliphatic carbocycles. The largest absolute Gasteiger partial charge is 0.465 e. The number of hydrogen-bond donors (Lipinski definition) is 3. The zero-order valence-corrected chi connectivity index (χ0v) is 25.6. The van der Waals surface area contributed by atoms with Crippen molar-refractivity contribution in [3.05, 3.63) is 46.6 Å². The van der Waals surface area contributed by atoms with E-state index in [1.165, 1.54) is 11.8 Å². The predicted molar refractivity (Wildman–Crippen MR) is 158 cm³/mol. The number of nitrogens with zero attached hydrogens (tertiary/aromatic N) is 3. The van der Waals surface area contributed by atoms with Crippen LogP contribution in [0.3, 0.4) is 0 Å². The summed E-state index contributed by atoms with van der Waals surface area (Å²) < 4.78 is 44.2. The lowest BCUT2D eigenvalue weighted by Crippen LogP contribution is -2.22. The van der Waals surface area contributed by atoms with Crippen molar-refractivity contribution < 1.29 is 28.2 Å². The minimum atomic E-state index is -1.30. The average Bonchev–Trinajstić information content (AvgIpc) is 3.13. The highest BCUT2D eigenvalue weighted by Crippen LogP contribution is 2.40. The van der Waals surface area contributed by atoms with E-state index in [9.17, 15) is 4.79 Å². The fourth-order valence-electron chi connectivity index (χ4n) is 3.43. The molecular weight excluding hydrogens is 612 g/mol. The van der Waals surface area contributed by atoms with Crippen LogP contribution in [0, 0.1) is 11.6 Å². The third-order valence-corrected chi connectivity index (χ3v) is 8.53. The maximum Gasteiger partial charge on any atom is 0.404 e. The molecule has 3 aromatic rings. The second-order valence-corrected chi connectivity index (χ2v) is 17.0. The number of fused-ring (bicyclic) bond motifs is 1. The smallest absolute Gasteiger partial charge is 0.404 e. The molecule has 0 fully saturated rings. The number of halogens is 3. The number of carboxylic acid groups (broad SMARTS) is 1. The number of amides is 1. The summed E-state index contributed by atoms with van der Waals surface area (Å²) in [5.41, 5.74) is 0.718. The van der Waals surface area contributed by atoms with E-state index in [-0.39, 0.29) is 24.8 Å². The molecule has 3 N–H and O–H groups in total. The molecule has 0 saturated carbocycles.